The molecule has 1 aromatic carbocycles. The molecule has 0 aliphatic carbocycles. The highest BCUT2D eigenvalue weighted by Crippen LogP contribution is 2.11. The largest absolute Gasteiger partial charge is 0.491 e. The van der Waals surface area contributed by atoms with Crippen LogP contribution in [0.2, 0.25) is 0 Å². The van der Waals surface area contributed by atoms with Crippen molar-refractivity contribution in [1.29, 1.82) is 0 Å². The lowest BCUT2D eigenvalue weighted by Crippen LogP contribution is -2.45. The summed E-state index contributed by atoms with van der Waals surface area (Å²) in [6.45, 7) is 6.95. The van der Waals surface area contributed by atoms with E-state index in [4.69, 9.17) is 9.47 Å². The SMILES string of the molecule is CCNC(C)(CO)CCCOCCOc1ccccc1. The van der Waals surface area contributed by atoms with Gasteiger partial charge in [0, 0.05) is 12.1 Å². The minimum absolute atomic E-state index is 0.151. The molecule has 4 heteroatoms. The summed E-state index contributed by atoms with van der Waals surface area (Å²) in [4.78, 5) is 0. The Morgan fingerprint density at radius 3 is 2.55 bits per heavy atom. The second-order valence-corrected chi connectivity index (χ2v) is 5.13. The lowest BCUT2D eigenvalue weighted by molar-refractivity contribution is 0.0869. The van der Waals surface area contributed by atoms with Crippen LogP contribution in [0.1, 0.15) is 26.7 Å². The first-order valence-electron chi connectivity index (χ1n) is 7.31. The quantitative estimate of drug-likeness (QED) is 0.611. The average Bonchev–Trinajstić information content (AvgIpc) is 2.47. The predicted molar refractivity (Wildman–Crippen MR) is 81.2 cm³/mol. The fraction of sp³-hybridized carbons (Fsp3) is 0.625. The molecule has 1 atom stereocenters. The summed E-state index contributed by atoms with van der Waals surface area (Å²) < 4.78 is 11.1. The Morgan fingerprint density at radius 2 is 1.90 bits per heavy atom. The number of hydrogen-bond acceptors (Lipinski definition) is 4. The van der Waals surface area contributed by atoms with Gasteiger partial charge in [-0.2, -0.15) is 0 Å². The maximum atomic E-state index is 9.36. The van der Waals surface area contributed by atoms with E-state index in [0.29, 0.717) is 19.8 Å². The van der Waals surface area contributed by atoms with Crippen LogP contribution in [-0.4, -0.2) is 43.6 Å². The number of benzene rings is 1. The van der Waals surface area contributed by atoms with Crippen LogP contribution in [0.3, 0.4) is 0 Å². The van der Waals surface area contributed by atoms with E-state index in [0.717, 1.165) is 25.1 Å². The van der Waals surface area contributed by atoms with E-state index in [9.17, 15) is 5.11 Å². The summed E-state index contributed by atoms with van der Waals surface area (Å²) in [6, 6.07) is 9.73. The van der Waals surface area contributed by atoms with Gasteiger partial charge in [0.2, 0.25) is 0 Å². The smallest absolute Gasteiger partial charge is 0.119 e. The Bertz CT molecular complexity index is 345. The van der Waals surface area contributed by atoms with Gasteiger partial charge in [0.15, 0.2) is 0 Å². The molecule has 114 valence electrons. The monoisotopic (exact) mass is 281 g/mol. The summed E-state index contributed by atoms with van der Waals surface area (Å²) in [7, 11) is 0. The van der Waals surface area contributed by atoms with Gasteiger partial charge in [-0.25, -0.2) is 0 Å². The maximum Gasteiger partial charge on any atom is 0.119 e. The van der Waals surface area contributed by atoms with Crippen LogP contribution in [0.5, 0.6) is 5.75 Å². The van der Waals surface area contributed by atoms with Crippen LogP contribution in [0.25, 0.3) is 0 Å². The summed E-state index contributed by atoms with van der Waals surface area (Å²) in [6.07, 6.45) is 1.83. The summed E-state index contributed by atoms with van der Waals surface area (Å²) in [5.74, 6) is 0.871. The third-order valence-corrected chi connectivity index (χ3v) is 3.21. The molecule has 2 N–H and O–H groups in total. The van der Waals surface area contributed by atoms with Gasteiger partial charge in [0.05, 0.1) is 13.2 Å². The maximum absolute atomic E-state index is 9.36. The van der Waals surface area contributed by atoms with Crippen LogP contribution in [-0.2, 0) is 4.74 Å². The molecular weight excluding hydrogens is 254 g/mol. The van der Waals surface area contributed by atoms with Gasteiger partial charge in [-0.1, -0.05) is 25.1 Å². The molecule has 4 nitrogen and oxygen atoms in total. The highest BCUT2D eigenvalue weighted by atomic mass is 16.5. The third-order valence-electron chi connectivity index (χ3n) is 3.21. The van der Waals surface area contributed by atoms with Crippen LogP contribution in [0.4, 0.5) is 0 Å². The van der Waals surface area contributed by atoms with Crippen molar-refractivity contribution in [2.45, 2.75) is 32.2 Å². The second-order valence-electron chi connectivity index (χ2n) is 5.13. The van der Waals surface area contributed by atoms with Crippen LogP contribution in [0.15, 0.2) is 30.3 Å². The molecule has 0 heterocycles. The first-order chi connectivity index (χ1) is 9.70. The first-order valence-corrected chi connectivity index (χ1v) is 7.31. The van der Waals surface area contributed by atoms with Gasteiger partial charge in [-0.15, -0.1) is 0 Å². The molecule has 1 unspecified atom stereocenters. The van der Waals surface area contributed by atoms with E-state index < -0.39 is 0 Å². The van der Waals surface area contributed by atoms with Crippen molar-refractivity contribution < 1.29 is 14.6 Å². The summed E-state index contributed by atoms with van der Waals surface area (Å²) >= 11 is 0. The topological polar surface area (TPSA) is 50.7 Å². The fourth-order valence-corrected chi connectivity index (χ4v) is 2.05. The summed E-state index contributed by atoms with van der Waals surface area (Å²) in [5, 5.41) is 12.7. The number of ether oxygens (including phenoxy) is 2. The molecule has 0 fully saturated rings. The van der Waals surface area contributed by atoms with Gasteiger partial charge < -0.3 is 19.9 Å². The van der Waals surface area contributed by atoms with Gasteiger partial charge in [-0.05, 0) is 38.4 Å². The Kier molecular flexibility index (Phi) is 8.26. The van der Waals surface area contributed by atoms with Crippen molar-refractivity contribution in [2.75, 3.05) is 33.0 Å². The third kappa shape index (κ3) is 6.89. The Hall–Kier alpha value is -1.10. The van der Waals surface area contributed by atoms with E-state index in [2.05, 4.69) is 5.32 Å². The second kappa shape index (κ2) is 9.75. The standard InChI is InChI=1S/C16H27NO3/c1-3-17-16(2,14-18)10-7-11-19-12-13-20-15-8-5-4-6-9-15/h4-6,8-9,17-18H,3,7,10-14H2,1-2H3. The molecule has 0 bridgehead atoms. The highest BCUT2D eigenvalue weighted by molar-refractivity contribution is 5.20. The molecule has 0 aliphatic heterocycles. The van der Waals surface area contributed by atoms with Crippen molar-refractivity contribution in [3.05, 3.63) is 30.3 Å². The molecule has 0 amide bonds. The number of hydrogen-bond donors (Lipinski definition) is 2. The molecule has 1 aromatic rings. The first kappa shape index (κ1) is 17.0. The molecule has 0 spiro atoms. The number of para-hydroxylation sites is 1. The Labute approximate surface area is 122 Å². The van der Waals surface area contributed by atoms with Crippen molar-refractivity contribution >= 4 is 0 Å². The number of nitrogens with one attached hydrogen (secondary N) is 1. The van der Waals surface area contributed by atoms with E-state index >= 15 is 0 Å². The minimum atomic E-state index is -0.196. The molecule has 0 saturated heterocycles. The Balaban J connectivity index is 2.02. The van der Waals surface area contributed by atoms with Crippen LogP contribution < -0.4 is 10.1 Å². The van der Waals surface area contributed by atoms with Gasteiger partial charge in [0.1, 0.15) is 12.4 Å². The molecule has 0 radical (unpaired) electrons. The minimum Gasteiger partial charge on any atom is -0.491 e. The molecule has 20 heavy (non-hydrogen) atoms. The zero-order chi connectivity index (χ0) is 14.7. The fourth-order valence-electron chi connectivity index (χ4n) is 2.05. The zero-order valence-corrected chi connectivity index (χ0v) is 12.6. The van der Waals surface area contributed by atoms with Crippen molar-refractivity contribution in [3.8, 4) is 5.75 Å². The van der Waals surface area contributed by atoms with Crippen LogP contribution in [0, 0.1) is 0 Å². The van der Waals surface area contributed by atoms with Crippen molar-refractivity contribution in [3.63, 3.8) is 0 Å². The number of likely N-dealkylation sites (N-methyl/N-ethyl adjacent to an activating group) is 1. The Morgan fingerprint density at radius 1 is 1.15 bits per heavy atom. The number of aliphatic hydroxyl groups excluding tert-OH is 1. The predicted octanol–water partition coefficient (Wildman–Crippen LogP) is 2.22. The zero-order valence-electron chi connectivity index (χ0n) is 12.6. The van der Waals surface area contributed by atoms with Crippen LogP contribution >= 0.6 is 0 Å². The van der Waals surface area contributed by atoms with Gasteiger partial charge >= 0.3 is 0 Å². The van der Waals surface area contributed by atoms with Crippen molar-refractivity contribution in [1.82, 2.24) is 5.32 Å². The van der Waals surface area contributed by atoms with Gasteiger partial charge in [0.25, 0.3) is 0 Å². The number of rotatable bonds is 11. The lowest BCUT2D eigenvalue weighted by atomic mass is 9.97. The highest BCUT2D eigenvalue weighted by Gasteiger charge is 2.20. The average molecular weight is 281 g/mol. The molecule has 0 aromatic heterocycles. The molecular formula is C16H27NO3. The van der Waals surface area contributed by atoms with Crippen molar-refractivity contribution in [2.24, 2.45) is 0 Å². The van der Waals surface area contributed by atoms with Gasteiger partial charge in [-0.3, -0.25) is 0 Å². The lowest BCUT2D eigenvalue weighted by Gasteiger charge is -2.28. The molecule has 0 aliphatic rings. The normalized spacial score (nSPS) is 13.9. The molecule has 1 rings (SSSR count). The summed E-state index contributed by atoms with van der Waals surface area (Å²) in [5.41, 5.74) is -0.196. The number of aliphatic hydroxyl groups is 1. The van der Waals surface area contributed by atoms with E-state index in [1.54, 1.807) is 0 Å². The van der Waals surface area contributed by atoms with E-state index in [-0.39, 0.29) is 12.1 Å². The van der Waals surface area contributed by atoms with E-state index in [1.807, 2.05) is 44.2 Å². The molecule has 0 saturated carbocycles. The van der Waals surface area contributed by atoms with E-state index in [1.165, 1.54) is 0 Å².